The molecule has 0 saturated carbocycles. The molecule has 3 atom stereocenters. The van der Waals surface area contributed by atoms with Crippen molar-refractivity contribution in [2.24, 2.45) is 17.8 Å². The van der Waals surface area contributed by atoms with Gasteiger partial charge in [0.25, 0.3) is 0 Å². The molecule has 1 rings (SSSR count). The molecule has 1 aliphatic rings. The summed E-state index contributed by atoms with van der Waals surface area (Å²) in [6.07, 6.45) is 17.8. The smallest absolute Gasteiger partial charge is 0.0320 e. The molecule has 3 heteroatoms. The first-order chi connectivity index (χ1) is 12.6. The monoisotopic (exact) mass is 363 g/mol. The van der Waals surface area contributed by atoms with E-state index in [0.717, 1.165) is 18.4 Å². The maximum absolute atomic E-state index is 3.74. The third-order valence-electron chi connectivity index (χ3n) is 5.78. The van der Waals surface area contributed by atoms with Crippen LogP contribution in [0, 0.1) is 17.8 Å². The summed E-state index contributed by atoms with van der Waals surface area (Å²) in [5.74, 6) is 2.29. The van der Waals surface area contributed by atoms with E-state index in [1.807, 2.05) is 0 Å². The van der Waals surface area contributed by atoms with Gasteiger partial charge < -0.3 is 15.5 Å². The van der Waals surface area contributed by atoms with Gasteiger partial charge in [0.05, 0.1) is 0 Å². The summed E-state index contributed by atoms with van der Waals surface area (Å²) < 4.78 is 0. The number of nitrogens with zero attached hydrogens (tertiary/aromatic N) is 1. The van der Waals surface area contributed by atoms with Gasteiger partial charge in [-0.05, 0) is 76.2 Å². The molecule has 0 saturated heterocycles. The number of hydrogen-bond acceptors (Lipinski definition) is 3. The van der Waals surface area contributed by atoms with E-state index in [-0.39, 0.29) is 0 Å². The molecule has 26 heavy (non-hydrogen) atoms. The summed E-state index contributed by atoms with van der Waals surface area (Å²) in [4.78, 5) is 2.22. The van der Waals surface area contributed by atoms with Gasteiger partial charge in [-0.15, -0.1) is 0 Å². The Balaban J connectivity index is 2.23. The number of rotatable bonds is 14. The zero-order valence-electron chi connectivity index (χ0n) is 18.2. The van der Waals surface area contributed by atoms with E-state index in [9.17, 15) is 0 Å². The highest BCUT2D eigenvalue weighted by Crippen LogP contribution is 2.24. The standard InChI is InChI=1S/C23H45N3/c1-6-11-21(12-7-8-16-24-3)13-10-17-25-19-22-14-9-15-23(26(4)5)18-20(22)2/h9,15,18,20-22,24-25H,6-8,10-14,16-17,19H2,1-5H3/t20-,21?,22?/m0/s1. The van der Waals surface area contributed by atoms with Crippen LogP contribution >= 0.6 is 0 Å². The Kier molecular flexibility index (Phi) is 12.8. The van der Waals surface area contributed by atoms with Crippen LogP contribution in [0.1, 0.15) is 65.2 Å². The molecule has 0 spiro atoms. The lowest BCUT2D eigenvalue weighted by atomic mass is 9.91. The van der Waals surface area contributed by atoms with Crippen molar-refractivity contribution in [2.75, 3.05) is 40.8 Å². The fourth-order valence-corrected chi connectivity index (χ4v) is 3.99. The highest BCUT2D eigenvalue weighted by molar-refractivity contribution is 5.20. The highest BCUT2D eigenvalue weighted by atomic mass is 15.1. The quantitative estimate of drug-likeness (QED) is 0.433. The van der Waals surface area contributed by atoms with Crippen LogP contribution in [0.4, 0.5) is 0 Å². The third kappa shape index (κ3) is 9.78. The zero-order chi connectivity index (χ0) is 19.2. The lowest BCUT2D eigenvalue weighted by Crippen LogP contribution is -2.27. The van der Waals surface area contributed by atoms with Crippen molar-refractivity contribution in [1.82, 2.24) is 15.5 Å². The number of nitrogens with one attached hydrogen (secondary N) is 2. The van der Waals surface area contributed by atoms with Crippen LogP contribution in [0.2, 0.25) is 0 Å². The first-order valence-corrected chi connectivity index (χ1v) is 11.0. The van der Waals surface area contributed by atoms with Crippen LogP contribution in [0.3, 0.4) is 0 Å². The number of allylic oxidation sites excluding steroid dienone is 3. The molecule has 3 nitrogen and oxygen atoms in total. The van der Waals surface area contributed by atoms with Crippen molar-refractivity contribution in [3.05, 3.63) is 23.9 Å². The summed E-state index contributed by atoms with van der Waals surface area (Å²) in [5, 5.41) is 7.00. The number of likely N-dealkylation sites (N-methyl/N-ethyl adjacent to an activating group) is 1. The molecule has 2 N–H and O–H groups in total. The second-order valence-corrected chi connectivity index (χ2v) is 8.34. The normalized spacial score (nSPS) is 21.3. The summed E-state index contributed by atoms with van der Waals surface area (Å²) in [6.45, 7) is 8.18. The predicted octanol–water partition coefficient (Wildman–Crippen LogP) is 4.82. The van der Waals surface area contributed by atoms with Gasteiger partial charge in [0, 0.05) is 19.8 Å². The largest absolute Gasteiger partial charge is 0.378 e. The van der Waals surface area contributed by atoms with Crippen LogP contribution in [0.25, 0.3) is 0 Å². The van der Waals surface area contributed by atoms with E-state index in [1.165, 1.54) is 70.2 Å². The molecule has 0 bridgehead atoms. The van der Waals surface area contributed by atoms with Gasteiger partial charge >= 0.3 is 0 Å². The van der Waals surface area contributed by atoms with Crippen molar-refractivity contribution in [3.63, 3.8) is 0 Å². The van der Waals surface area contributed by atoms with Crippen molar-refractivity contribution >= 4 is 0 Å². The molecule has 152 valence electrons. The van der Waals surface area contributed by atoms with Gasteiger partial charge in [-0.25, -0.2) is 0 Å². The van der Waals surface area contributed by atoms with Gasteiger partial charge in [-0.1, -0.05) is 51.7 Å². The van der Waals surface area contributed by atoms with Crippen molar-refractivity contribution in [3.8, 4) is 0 Å². The first kappa shape index (κ1) is 23.2. The van der Waals surface area contributed by atoms with Crippen LogP contribution in [-0.4, -0.2) is 45.7 Å². The Morgan fingerprint density at radius 3 is 2.58 bits per heavy atom. The molecule has 0 aliphatic heterocycles. The SMILES string of the molecule is CCCC(CCCCNC)CCCNCC1CC=CC(N(C)C)=C[C@@H]1C. The molecule has 0 aromatic heterocycles. The van der Waals surface area contributed by atoms with Crippen molar-refractivity contribution < 1.29 is 0 Å². The Hall–Kier alpha value is -0.800. The topological polar surface area (TPSA) is 27.3 Å². The molecule has 0 aromatic rings. The Bertz CT molecular complexity index is 400. The minimum atomic E-state index is 0.634. The summed E-state index contributed by atoms with van der Waals surface area (Å²) in [5.41, 5.74) is 1.35. The third-order valence-corrected chi connectivity index (χ3v) is 5.78. The molecular weight excluding hydrogens is 318 g/mol. The van der Waals surface area contributed by atoms with E-state index in [2.05, 4.69) is 68.8 Å². The van der Waals surface area contributed by atoms with Crippen molar-refractivity contribution in [1.29, 1.82) is 0 Å². The van der Waals surface area contributed by atoms with Gasteiger partial charge in [0.1, 0.15) is 0 Å². The lowest BCUT2D eigenvalue weighted by molar-refractivity contribution is 0.365. The van der Waals surface area contributed by atoms with E-state index >= 15 is 0 Å². The summed E-state index contributed by atoms with van der Waals surface area (Å²) in [7, 11) is 6.32. The van der Waals surface area contributed by atoms with Crippen LogP contribution in [-0.2, 0) is 0 Å². The average Bonchev–Trinajstić information content (AvgIpc) is 2.80. The first-order valence-electron chi connectivity index (χ1n) is 11.0. The fraction of sp³-hybridized carbons (Fsp3) is 0.826. The minimum Gasteiger partial charge on any atom is -0.378 e. The Labute approximate surface area is 163 Å². The fourth-order valence-electron chi connectivity index (χ4n) is 3.99. The molecule has 1 aliphatic carbocycles. The average molecular weight is 364 g/mol. The molecule has 0 amide bonds. The zero-order valence-corrected chi connectivity index (χ0v) is 18.2. The number of unbranched alkanes of at least 4 members (excludes halogenated alkanes) is 1. The second-order valence-electron chi connectivity index (χ2n) is 8.34. The second kappa shape index (κ2) is 14.3. The Morgan fingerprint density at radius 2 is 1.88 bits per heavy atom. The van der Waals surface area contributed by atoms with Gasteiger partial charge in [-0.3, -0.25) is 0 Å². The van der Waals surface area contributed by atoms with Crippen LogP contribution in [0.15, 0.2) is 23.9 Å². The van der Waals surface area contributed by atoms with Crippen molar-refractivity contribution in [2.45, 2.75) is 65.2 Å². The van der Waals surface area contributed by atoms with Crippen LogP contribution in [0.5, 0.6) is 0 Å². The molecule has 2 unspecified atom stereocenters. The maximum atomic E-state index is 3.74. The molecule has 0 radical (unpaired) electrons. The highest BCUT2D eigenvalue weighted by Gasteiger charge is 2.17. The van der Waals surface area contributed by atoms with E-state index < -0.39 is 0 Å². The maximum Gasteiger partial charge on any atom is 0.0320 e. The molecule has 0 aromatic carbocycles. The Morgan fingerprint density at radius 1 is 1.12 bits per heavy atom. The predicted molar refractivity (Wildman–Crippen MR) is 116 cm³/mol. The molecule has 0 fully saturated rings. The number of hydrogen-bond donors (Lipinski definition) is 2. The van der Waals surface area contributed by atoms with E-state index in [4.69, 9.17) is 0 Å². The molecule has 0 heterocycles. The van der Waals surface area contributed by atoms with Gasteiger partial charge in [0.2, 0.25) is 0 Å². The van der Waals surface area contributed by atoms with Gasteiger partial charge in [-0.2, -0.15) is 0 Å². The molecular formula is C23H45N3. The lowest BCUT2D eigenvalue weighted by Gasteiger charge is -2.21. The minimum absolute atomic E-state index is 0.634. The summed E-state index contributed by atoms with van der Waals surface area (Å²) in [6, 6.07) is 0. The summed E-state index contributed by atoms with van der Waals surface area (Å²) >= 11 is 0. The van der Waals surface area contributed by atoms with E-state index in [1.54, 1.807) is 0 Å². The van der Waals surface area contributed by atoms with Gasteiger partial charge in [0.15, 0.2) is 0 Å². The van der Waals surface area contributed by atoms with Crippen LogP contribution < -0.4 is 10.6 Å². The van der Waals surface area contributed by atoms with E-state index in [0.29, 0.717) is 5.92 Å².